The highest BCUT2D eigenvalue weighted by Crippen LogP contribution is 2.29. The van der Waals surface area contributed by atoms with Crippen molar-refractivity contribution in [3.63, 3.8) is 0 Å². The molecule has 0 saturated carbocycles. The Morgan fingerprint density at radius 1 is 0.825 bits per heavy atom. The van der Waals surface area contributed by atoms with E-state index < -0.39 is 0 Å². The van der Waals surface area contributed by atoms with Crippen LogP contribution in [0.25, 0.3) is 16.2 Å². The number of nitrogens with zero attached hydrogens (tertiary/aromatic N) is 3. The molecule has 6 rings (SSSR count). The molecule has 40 heavy (non-hydrogen) atoms. The van der Waals surface area contributed by atoms with E-state index in [1.807, 2.05) is 59.5 Å². The second kappa shape index (κ2) is 11.7. The highest BCUT2D eigenvalue weighted by Gasteiger charge is 2.28. The SMILES string of the molecule is Cc1ccc(-c2cn3c(CCN(Cc4ccccc4)C(=O)C(c4ccccc4)c4ccccc4)csc3n2)cc1. The first-order valence-corrected chi connectivity index (χ1v) is 14.5. The minimum absolute atomic E-state index is 0.110. The summed E-state index contributed by atoms with van der Waals surface area (Å²) in [6, 6.07) is 39.0. The summed E-state index contributed by atoms with van der Waals surface area (Å²) < 4.78 is 2.18. The number of aromatic nitrogens is 2. The Bertz CT molecular complexity index is 1650. The Morgan fingerprint density at radius 3 is 2.05 bits per heavy atom. The van der Waals surface area contributed by atoms with Gasteiger partial charge in [-0.15, -0.1) is 11.3 Å². The monoisotopic (exact) mass is 541 g/mol. The zero-order chi connectivity index (χ0) is 27.3. The van der Waals surface area contributed by atoms with Gasteiger partial charge in [0.05, 0.1) is 11.6 Å². The van der Waals surface area contributed by atoms with Crippen LogP contribution in [0.1, 0.15) is 33.9 Å². The average Bonchev–Trinajstić information content (AvgIpc) is 3.59. The molecule has 0 N–H and O–H groups in total. The third-order valence-electron chi connectivity index (χ3n) is 7.31. The Hall–Kier alpha value is -4.48. The quantitative estimate of drug-likeness (QED) is 0.187. The van der Waals surface area contributed by atoms with Gasteiger partial charge in [-0.3, -0.25) is 9.20 Å². The molecule has 0 aliphatic carbocycles. The van der Waals surface area contributed by atoms with Gasteiger partial charge in [-0.25, -0.2) is 4.98 Å². The minimum Gasteiger partial charge on any atom is -0.337 e. The largest absolute Gasteiger partial charge is 0.337 e. The van der Waals surface area contributed by atoms with Gasteiger partial charge in [0.25, 0.3) is 0 Å². The zero-order valence-corrected chi connectivity index (χ0v) is 23.3. The molecule has 0 radical (unpaired) electrons. The number of amides is 1. The molecule has 0 aliphatic rings. The highest BCUT2D eigenvalue weighted by molar-refractivity contribution is 7.15. The van der Waals surface area contributed by atoms with E-state index in [4.69, 9.17) is 4.98 Å². The van der Waals surface area contributed by atoms with Crippen molar-refractivity contribution in [1.29, 1.82) is 0 Å². The van der Waals surface area contributed by atoms with Gasteiger partial charge in [0.15, 0.2) is 4.96 Å². The van der Waals surface area contributed by atoms with E-state index in [0.29, 0.717) is 13.1 Å². The molecular weight excluding hydrogens is 510 g/mol. The number of benzene rings is 4. The van der Waals surface area contributed by atoms with E-state index in [1.54, 1.807) is 11.3 Å². The Morgan fingerprint density at radius 2 is 1.43 bits per heavy atom. The second-order valence-corrected chi connectivity index (χ2v) is 11.0. The van der Waals surface area contributed by atoms with Gasteiger partial charge in [-0.1, -0.05) is 121 Å². The van der Waals surface area contributed by atoms with E-state index in [0.717, 1.165) is 45.0 Å². The number of thiazole rings is 1. The number of carbonyl (C=O) groups is 1. The van der Waals surface area contributed by atoms with E-state index >= 15 is 0 Å². The lowest BCUT2D eigenvalue weighted by atomic mass is 9.89. The smallest absolute Gasteiger partial charge is 0.234 e. The number of carbonyl (C=O) groups excluding carboxylic acids is 1. The number of fused-ring (bicyclic) bond motifs is 1. The van der Waals surface area contributed by atoms with Crippen molar-refractivity contribution in [2.45, 2.75) is 25.8 Å². The summed E-state index contributed by atoms with van der Waals surface area (Å²) in [4.78, 5) is 22.3. The van der Waals surface area contributed by atoms with Crippen LogP contribution in [0.4, 0.5) is 0 Å². The fourth-order valence-electron chi connectivity index (χ4n) is 5.14. The van der Waals surface area contributed by atoms with Crippen LogP contribution in [0.3, 0.4) is 0 Å². The number of hydrogen-bond acceptors (Lipinski definition) is 3. The van der Waals surface area contributed by atoms with Crippen LogP contribution in [0.15, 0.2) is 127 Å². The lowest BCUT2D eigenvalue weighted by molar-refractivity contribution is -0.132. The molecule has 0 bridgehead atoms. The van der Waals surface area contributed by atoms with E-state index in [9.17, 15) is 4.79 Å². The standard InChI is InChI=1S/C35H31N3OS/c1-26-17-19-28(20-18-26)32-24-38-31(25-40-35(38)36-32)21-22-37(23-27-11-5-2-6-12-27)34(39)33(29-13-7-3-8-14-29)30-15-9-4-10-16-30/h2-20,24-25,33H,21-23H2,1H3. The van der Waals surface area contributed by atoms with Gasteiger partial charge < -0.3 is 4.90 Å². The third kappa shape index (κ3) is 5.61. The summed E-state index contributed by atoms with van der Waals surface area (Å²) in [6.07, 6.45) is 2.85. The average molecular weight is 542 g/mol. The summed E-state index contributed by atoms with van der Waals surface area (Å²) in [7, 11) is 0. The predicted molar refractivity (Wildman–Crippen MR) is 164 cm³/mol. The van der Waals surface area contributed by atoms with Crippen molar-refractivity contribution in [3.8, 4) is 11.3 Å². The van der Waals surface area contributed by atoms with Crippen molar-refractivity contribution in [2.75, 3.05) is 6.54 Å². The van der Waals surface area contributed by atoms with Gasteiger partial charge in [0.2, 0.25) is 5.91 Å². The van der Waals surface area contributed by atoms with Gasteiger partial charge in [0.1, 0.15) is 0 Å². The summed E-state index contributed by atoms with van der Waals surface area (Å²) in [5.41, 5.74) is 7.61. The van der Waals surface area contributed by atoms with Gasteiger partial charge >= 0.3 is 0 Å². The highest BCUT2D eigenvalue weighted by atomic mass is 32.1. The van der Waals surface area contributed by atoms with Crippen molar-refractivity contribution < 1.29 is 4.79 Å². The van der Waals surface area contributed by atoms with E-state index in [2.05, 4.69) is 83.6 Å². The summed E-state index contributed by atoms with van der Waals surface area (Å²) >= 11 is 1.65. The molecule has 0 atom stereocenters. The molecule has 198 valence electrons. The van der Waals surface area contributed by atoms with Crippen molar-refractivity contribution in [1.82, 2.24) is 14.3 Å². The summed E-state index contributed by atoms with van der Waals surface area (Å²) in [6.45, 7) is 3.26. The van der Waals surface area contributed by atoms with Crippen molar-refractivity contribution >= 4 is 22.2 Å². The topological polar surface area (TPSA) is 37.6 Å². The molecule has 0 fully saturated rings. The maximum atomic E-state index is 14.4. The first-order valence-electron chi connectivity index (χ1n) is 13.6. The molecule has 5 heteroatoms. The fourth-order valence-corrected chi connectivity index (χ4v) is 6.05. The van der Waals surface area contributed by atoms with Crippen LogP contribution in [0.2, 0.25) is 0 Å². The number of aryl methyl sites for hydroxylation is 1. The Balaban J connectivity index is 1.30. The molecule has 2 aromatic heterocycles. The Kier molecular flexibility index (Phi) is 7.56. The predicted octanol–water partition coefficient (Wildman–Crippen LogP) is 7.77. The molecule has 2 heterocycles. The molecule has 1 amide bonds. The Labute approximate surface area is 239 Å². The lowest BCUT2D eigenvalue weighted by Gasteiger charge is -2.28. The van der Waals surface area contributed by atoms with Crippen molar-refractivity contribution in [3.05, 3.63) is 155 Å². The fraction of sp³-hybridized carbons (Fsp3) is 0.143. The maximum Gasteiger partial charge on any atom is 0.234 e. The van der Waals surface area contributed by atoms with E-state index in [1.165, 1.54) is 5.56 Å². The number of rotatable bonds is 9. The maximum absolute atomic E-state index is 14.4. The normalized spacial score (nSPS) is 11.2. The molecule has 6 aromatic rings. The van der Waals surface area contributed by atoms with Gasteiger partial charge in [-0.05, 0) is 23.6 Å². The van der Waals surface area contributed by atoms with Gasteiger partial charge in [-0.2, -0.15) is 0 Å². The summed E-state index contributed by atoms with van der Waals surface area (Å²) in [5.74, 6) is -0.256. The van der Waals surface area contributed by atoms with Crippen LogP contribution in [-0.4, -0.2) is 26.7 Å². The number of imidazole rings is 1. The summed E-state index contributed by atoms with van der Waals surface area (Å²) in [5, 5.41) is 2.16. The molecule has 4 nitrogen and oxygen atoms in total. The molecule has 0 spiro atoms. The van der Waals surface area contributed by atoms with Crippen LogP contribution in [0, 0.1) is 6.92 Å². The third-order valence-corrected chi connectivity index (χ3v) is 8.20. The second-order valence-electron chi connectivity index (χ2n) is 10.1. The lowest BCUT2D eigenvalue weighted by Crippen LogP contribution is -2.37. The van der Waals surface area contributed by atoms with E-state index in [-0.39, 0.29) is 11.8 Å². The first-order chi connectivity index (χ1) is 19.7. The molecule has 0 aliphatic heterocycles. The number of hydrogen-bond donors (Lipinski definition) is 0. The van der Waals surface area contributed by atoms with Crippen LogP contribution in [0.5, 0.6) is 0 Å². The molecule has 0 unspecified atom stereocenters. The minimum atomic E-state index is -0.366. The van der Waals surface area contributed by atoms with Crippen LogP contribution >= 0.6 is 11.3 Å². The van der Waals surface area contributed by atoms with Crippen molar-refractivity contribution in [2.24, 2.45) is 0 Å². The van der Waals surface area contributed by atoms with Crippen LogP contribution in [-0.2, 0) is 17.8 Å². The molecule has 0 saturated heterocycles. The zero-order valence-electron chi connectivity index (χ0n) is 22.5. The van der Waals surface area contributed by atoms with Gasteiger partial charge in [0, 0.05) is 42.3 Å². The molecular formula is C35H31N3OS. The first kappa shape index (κ1) is 25.8. The molecule has 4 aromatic carbocycles. The van der Waals surface area contributed by atoms with Crippen LogP contribution < -0.4 is 0 Å².